The molecule has 0 saturated carbocycles. The molecule has 0 aromatic carbocycles. The SMILES string of the molecule is C=C1NC(C(C)(CC)CCCCCCCCCCCCCCCC)=CO1. The molecular formula is C24H45NO. The minimum absolute atomic E-state index is 0.205. The molecule has 1 atom stereocenters. The molecule has 2 heteroatoms. The van der Waals surface area contributed by atoms with Gasteiger partial charge >= 0.3 is 0 Å². The van der Waals surface area contributed by atoms with Crippen molar-refractivity contribution in [1.82, 2.24) is 5.32 Å². The Balaban J connectivity index is 1.92. The van der Waals surface area contributed by atoms with Crippen LogP contribution in [0.2, 0.25) is 0 Å². The zero-order chi connectivity index (χ0) is 19.1. The Morgan fingerprint density at radius 1 is 0.808 bits per heavy atom. The summed E-state index contributed by atoms with van der Waals surface area (Å²) in [6.45, 7) is 10.7. The Bertz CT molecular complexity index is 401. The summed E-state index contributed by atoms with van der Waals surface area (Å²) in [5, 5.41) is 3.29. The van der Waals surface area contributed by atoms with Crippen molar-refractivity contribution in [3.8, 4) is 0 Å². The van der Waals surface area contributed by atoms with Crippen LogP contribution < -0.4 is 5.32 Å². The highest BCUT2D eigenvalue weighted by molar-refractivity contribution is 5.17. The Kier molecular flexibility index (Phi) is 12.6. The van der Waals surface area contributed by atoms with Crippen LogP contribution in [-0.2, 0) is 4.74 Å². The average Bonchev–Trinajstić information content (AvgIpc) is 3.09. The largest absolute Gasteiger partial charge is 0.448 e. The van der Waals surface area contributed by atoms with Crippen LogP contribution >= 0.6 is 0 Å². The minimum Gasteiger partial charge on any atom is -0.448 e. The molecule has 1 rings (SSSR count). The predicted octanol–water partition coefficient (Wildman–Crippen LogP) is 8.21. The van der Waals surface area contributed by atoms with E-state index >= 15 is 0 Å². The molecule has 0 amide bonds. The molecule has 152 valence electrons. The predicted molar refractivity (Wildman–Crippen MR) is 115 cm³/mol. The van der Waals surface area contributed by atoms with Crippen molar-refractivity contribution in [2.75, 3.05) is 0 Å². The van der Waals surface area contributed by atoms with E-state index in [0.717, 1.165) is 6.42 Å². The summed E-state index contributed by atoms with van der Waals surface area (Å²) in [6, 6.07) is 0. The summed E-state index contributed by atoms with van der Waals surface area (Å²) in [4.78, 5) is 0. The minimum atomic E-state index is 0.205. The molecule has 0 aliphatic carbocycles. The van der Waals surface area contributed by atoms with E-state index in [2.05, 4.69) is 32.7 Å². The third-order valence-electron chi connectivity index (χ3n) is 6.11. The number of unbranched alkanes of at least 4 members (excludes halogenated alkanes) is 13. The van der Waals surface area contributed by atoms with Crippen molar-refractivity contribution in [3.63, 3.8) is 0 Å². The molecule has 0 fully saturated rings. The van der Waals surface area contributed by atoms with E-state index < -0.39 is 0 Å². The molecule has 0 aromatic heterocycles. The van der Waals surface area contributed by atoms with Crippen molar-refractivity contribution >= 4 is 0 Å². The zero-order valence-electron chi connectivity index (χ0n) is 18.0. The van der Waals surface area contributed by atoms with Gasteiger partial charge in [-0.15, -0.1) is 0 Å². The maximum atomic E-state index is 5.37. The molecule has 0 saturated heterocycles. The molecular weight excluding hydrogens is 318 g/mol. The molecule has 1 aliphatic rings. The molecule has 0 bridgehead atoms. The van der Waals surface area contributed by atoms with Crippen LogP contribution in [0.4, 0.5) is 0 Å². The lowest BCUT2D eigenvalue weighted by Gasteiger charge is -2.29. The van der Waals surface area contributed by atoms with Gasteiger partial charge in [0, 0.05) is 5.41 Å². The van der Waals surface area contributed by atoms with Crippen LogP contribution in [0.5, 0.6) is 0 Å². The number of rotatable bonds is 17. The topological polar surface area (TPSA) is 21.3 Å². The van der Waals surface area contributed by atoms with Gasteiger partial charge in [-0.1, -0.05) is 111 Å². The number of hydrogen-bond acceptors (Lipinski definition) is 2. The average molecular weight is 364 g/mol. The quantitative estimate of drug-likeness (QED) is 0.263. The normalized spacial score (nSPS) is 16.1. The highest BCUT2D eigenvalue weighted by Crippen LogP contribution is 2.37. The van der Waals surface area contributed by atoms with Crippen molar-refractivity contribution < 1.29 is 4.74 Å². The van der Waals surface area contributed by atoms with Crippen LogP contribution in [0.1, 0.15) is 124 Å². The number of ether oxygens (including phenoxy) is 1. The zero-order valence-corrected chi connectivity index (χ0v) is 18.0. The second kappa shape index (κ2) is 14.2. The van der Waals surface area contributed by atoms with Crippen LogP contribution in [0.15, 0.2) is 24.4 Å². The van der Waals surface area contributed by atoms with Crippen molar-refractivity contribution in [1.29, 1.82) is 0 Å². The summed E-state index contributed by atoms with van der Waals surface area (Å²) in [7, 11) is 0. The highest BCUT2D eigenvalue weighted by Gasteiger charge is 2.30. The lowest BCUT2D eigenvalue weighted by molar-refractivity contribution is 0.322. The van der Waals surface area contributed by atoms with E-state index in [4.69, 9.17) is 4.74 Å². The summed E-state index contributed by atoms with van der Waals surface area (Å²) in [5.74, 6) is 0.667. The Hall–Kier alpha value is -0.920. The standard InChI is InChI=1S/C24H45NO/c1-5-7-8-9-10-11-12-13-14-15-16-17-18-19-20-24(4,6-2)23-21-26-22(3)25-23/h21,25H,3,5-20H2,1-2,4H3. The number of nitrogens with one attached hydrogen (secondary N) is 1. The van der Waals surface area contributed by atoms with Crippen molar-refractivity contribution in [3.05, 3.63) is 24.4 Å². The van der Waals surface area contributed by atoms with Crippen molar-refractivity contribution in [2.24, 2.45) is 5.41 Å². The van der Waals surface area contributed by atoms with Gasteiger partial charge in [0.2, 0.25) is 0 Å². The van der Waals surface area contributed by atoms with Gasteiger partial charge in [-0.05, 0) is 19.4 Å². The molecule has 0 radical (unpaired) electrons. The Morgan fingerprint density at radius 2 is 1.27 bits per heavy atom. The molecule has 0 aromatic rings. The molecule has 26 heavy (non-hydrogen) atoms. The fraction of sp³-hybridized carbons (Fsp3) is 0.833. The van der Waals surface area contributed by atoms with E-state index in [0.29, 0.717) is 5.88 Å². The fourth-order valence-electron chi connectivity index (χ4n) is 3.84. The molecule has 1 N–H and O–H groups in total. The van der Waals surface area contributed by atoms with Crippen LogP contribution in [0.25, 0.3) is 0 Å². The van der Waals surface area contributed by atoms with Gasteiger partial charge in [-0.25, -0.2) is 0 Å². The first-order valence-electron chi connectivity index (χ1n) is 11.5. The fourth-order valence-corrected chi connectivity index (χ4v) is 3.84. The lowest BCUT2D eigenvalue weighted by Crippen LogP contribution is -2.25. The first-order chi connectivity index (χ1) is 12.6. The van der Waals surface area contributed by atoms with Crippen LogP contribution in [0.3, 0.4) is 0 Å². The summed E-state index contributed by atoms with van der Waals surface area (Å²) in [5.41, 5.74) is 1.41. The van der Waals surface area contributed by atoms with E-state index in [1.165, 1.54) is 102 Å². The third-order valence-corrected chi connectivity index (χ3v) is 6.11. The van der Waals surface area contributed by atoms with E-state index in [1.807, 2.05) is 6.26 Å². The summed E-state index contributed by atoms with van der Waals surface area (Å²) < 4.78 is 5.37. The van der Waals surface area contributed by atoms with Gasteiger partial charge in [-0.3, -0.25) is 0 Å². The maximum absolute atomic E-state index is 5.37. The molecule has 0 spiro atoms. The monoisotopic (exact) mass is 363 g/mol. The molecule has 1 aliphatic heterocycles. The van der Waals surface area contributed by atoms with Gasteiger partial charge in [0.1, 0.15) is 6.26 Å². The first kappa shape index (κ1) is 23.1. The van der Waals surface area contributed by atoms with Gasteiger partial charge in [-0.2, -0.15) is 0 Å². The highest BCUT2D eigenvalue weighted by atomic mass is 16.5. The van der Waals surface area contributed by atoms with E-state index in [9.17, 15) is 0 Å². The number of allylic oxidation sites excluding steroid dienone is 1. The first-order valence-corrected chi connectivity index (χ1v) is 11.5. The van der Waals surface area contributed by atoms with E-state index in [-0.39, 0.29) is 5.41 Å². The Labute approximate surface area is 163 Å². The lowest BCUT2D eigenvalue weighted by atomic mass is 9.79. The smallest absolute Gasteiger partial charge is 0.189 e. The number of hydrogen-bond donors (Lipinski definition) is 1. The van der Waals surface area contributed by atoms with Gasteiger partial charge in [0.05, 0.1) is 5.70 Å². The Morgan fingerprint density at radius 3 is 1.65 bits per heavy atom. The van der Waals surface area contributed by atoms with Gasteiger partial charge < -0.3 is 10.1 Å². The second-order valence-electron chi connectivity index (χ2n) is 8.46. The molecule has 2 nitrogen and oxygen atoms in total. The summed E-state index contributed by atoms with van der Waals surface area (Å²) >= 11 is 0. The second-order valence-corrected chi connectivity index (χ2v) is 8.46. The third kappa shape index (κ3) is 9.69. The summed E-state index contributed by atoms with van der Waals surface area (Å²) in [6.07, 6.45) is 24.1. The van der Waals surface area contributed by atoms with Crippen LogP contribution in [0, 0.1) is 5.41 Å². The van der Waals surface area contributed by atoms with Gasteiger partial charge in [0.25, 0.3) is 0 Å². The van der Waals surface area contributed by atoms with E-state index in [1.54, 1.807) is 0 Å². The van der Waals surface area contributed by atoms with Crippen LogP contribution in [-0.4, -0.2) is 0 Å². The van der Waals surface area contributed by atoms with Gasteiger partial charge in [0.15, 0.2) is 5.88 Å². The van der Waals surface area contributed by atoms with Crippen molar-refractivity contribution in [2.45, 2.75) is 124 Å². The maximum Gasteiger partial charge on any atom is 0.189 e. The molecule has 1 unspecified atom stereocenters. The molecule has 1 heterocycles.